The van der Waals surface area contributed by atoms with Crippen molar-refractivity contribution in [3.63, 3.8) is 0 Å². The normalized spacial score (nSPS) is 32.1. The molecule has 0 amide bonds. The van der Waals surface area contributed by atoms with Crippen LogP contribution in [0.3, 0.4) is 0 Å². The summed E-state index contributed by atoms with van der Waals surface area (Å²) in [7, 11) is 0. The van der Waals surface area contributed by atoms with Gasteiger partial charge in [-0.15, -0.1) is 0 Å². The monoisotopic (exact) mass is 267 g/mol. The molecule has 2 unspecified atom stereocenters. The molecule has 0 spiro atoms. The van der Waals surface area contributed by atoms with Crippen LogP contribution in [0.2, 0.25) is 0 Å². The van der Waals surface area contributed by atoms with E-state index in [9.17, 15) is 0 Å². The highest BCUT2D eigenvalue weighted by Crippen LogP contribution is 2.32. The SMILES string of the molecule is CCNC(=NCC1CCOC1)N1CCC(C)(CC)C1. The standard InChI is InChI=1S/C15H29N3O/c1-4-15(3)7-8-18(12-15)14(16-5-2)17-10-13-6-9-19-11-13/h13H,4-12H2,1-3H3,(H,16,17). The first-order valence-electron chi connectivity index (χ1n) is 7.78. The summed E-state index contributed by atoms with van der Waals surface area (Å²) in [4.78, 5) is 7.26. The van der Waals surface area contributed by atoms with Gasteiger partial charge in [0.25, 0.3) is 0 Å². The van der Waals surface area contributed by atoms with E-state index in [2.05, 4.69) is 31.0 Å². The first kappa shape index (κ1) is 14.6. The molecule has 2 fully saturated rings. The van der Waals surface area contributed by atoms with E-state index in [1.165, 1.54) is 12.8 Å². The first-order valence-corrected chi connectivity index (χ1v) is 7.78. The van der Waals surface area contributed by atoms with Crippen molar-refractivity contribution in [2.45, 2.75) is 40.0 Å². The summed E-state index contributed by atoms with van der Waals surface area (Å²) < 4.78 is 5.42. The molecule has 4 heteroatoms. The third kappa shape index (κ3) is 3.85. The zero-order valence-corrected chi connectivity index (χ0v) is 12.7. The van der Waals surface area contributed by atoms with Crippen LogP contribution in [-0.2, 0) is 4.74 Å². The molecule has 4 nitrogen and oxygen atoms in total. The van der Waals surface area contributed by atoms with Crippen LogP contribution in [0.1, 0.15) is 40.0 Å². The Morgan fingerprint density at radius 3 is 2.89 bits per heavy atom. The van der Waals surface area contributed by atoms with Crippen LogP contribution < -0.4 is 5.32 Å². The van der Waals surface area contributed by atoms with E-state index in [0.717, 1.165) is 51.8 Å². The summed E-state index contributed by atoms with van der Waals surface area (Å²) in [6, 6.07) is 0. The van der Waals surface area contributed by atoms with Gasteiger partial charge in [0, 0.05) is 38.7 Å². The van der Waals surface area contributed by atoms with Gasteiger partial charge < -0.3 is 15.0 Å². The van der Waals surface area contributed by atoms with Gasteiger partial charge in [-0.2, -0.15) is 0 Å². The zero-order valence-electron chi connectivity index (χ0n) is 12.7. The topological polar surface area (TPSA) is 36.9 Å². The molecule has 2 saturated heterocycles. The van der Waals surface area contributed by atoms with Crippen LogP contribution in [0.5, 0.6) is 0 Å². The predicted molar refractivity (Wildman–Crippen MR) is 79.5 cm³/mol. The van der Waals surface area contributed by atoms with Gasteiger partial charge in [-0.1, -0.05) is 13.8 Å². The lowest BCUT2D eigenvalue weighted by atomic mass is 9.87. The van der Waals surface area contributed by atoms with E-state index < -0.39 is 0 Å². The van der Waals surface area contributed by atoms with Crippen molar-refractivity contribution in [3.05, 3.63) is 0 Å². The number of hydrogen-bond donors (Lipinski definition) is 1. The molecule has 2 heterocycles. The minimum absolute atomic E-state index is 0.465. The van der Waals surface area contributed by atoms with Gasteiger partial charge in [-0.25, -0.2) is 0 Å². The average Bonchev–Trinajstić information content (AvgIpc) is 3.05. The molecular formula is C15H29N3O. The van der Waals surface area contributed by atoms with Crippen LogP contribution in [-0.4, -0.2) is 50.3 Å². The maximum atomic E-state index is 5.42. The highest BCUT2D eigenvalue weighted by atomic mass is 16.5. The Hall–Kier alpha value is -0.770. The number of hydrogen-bond acceptors (Lipinski definition) is 2. The molecule has 0 radical (unpaired) electrons. The number of guanidine groups is 1. The highest BCUT2D eigenvalue weighted by Gasteiger charge is 2.33. The van der Waals surface area contributed by atoms with Gasteiger partial charge >= 0.3 is 0 Å². The molecule has 2 aliphatic heterocycles. The molecule has 0 aliphatic carbocycles. The third-order valence-electron chi connectivity index (χ3n) is 4.57. The van der Waals surface area contributed by atoms with Gasteiger partial charge in [0.1, 0.15) is 0 Å². The Kier molecular flexibility index (Phi) is 5.08. The Bertz CT molecular complexity index is 313. The van der Waals surface area contributed by atoms with Gasteiger partial charge in [-0.3, -0.25) is 4.99 Å². The van der Waals surface area contributed by atoms with Crippen molar-refractivity contribution in [3.8, 4) is 0 Å². The molecule has 2 atom stereocenters. The summed E-state index contributed by atoms with van der Waals surface area (Å²) in [5, 5.41) is 3.45. The highest BCUT2D eigenvalue weighted by molar-refractivity contribution is 5.80. The van der Waals surface area contributed by atoms with E-state index >= 15 is 0 Å². The van der Waals surface area contributed by atoms with Gasteiger partial charge in [0.15, 0.2) is 5.96 Å². The predicted octanol–water partition coefficient (Wildman–Crippen LogP) is 2.11. The molecule has 0 aromatic rings. The van der Waals surface area contributed by atoms with Crippen molar-refractivity contribution in [1.29, 1.82) is 0 Å². The molecule has 0 saturated carbocycles. The number of likely N-dealkylation sites (tertiary alicyclic amines) is 1. The van der Waals surface area contributed by atoms with E-state index in [4.69, 9.17) is 9.73 Å². The lowest BCUT2D eigenvalue weighted by Crippen LogP contribution is -2.41. The quantitative estimate of drug-likeness (QED) is 0.626. The van der Waals surface area contributed by atoms with Crippen molar-refractivity contribution in [1.82, 2.24) is 10.2 Å². The number of aliphatic imine (C=N–C) groups is 1. The first-order chi connectivity index (χ1) is 9.17. The molecule has 19 heavy (non-hydrogen) atoms. The second-order valence-electron chi connectivity index (χ2n) is 6.26. The molecule has 2 aliphatic rings. The Balaban J connectivity index is 1.93. The Labute approximate surface area is 117 Å². The van der Waals surface area contributed by atoms with E-state index in [1.54, 1.807) is 0 Å². The minimum atomic E-state index is 0.465. The summed E-state index contributed by atoms with van der Waals surface area (Å²) >= 11 is 0. The second kappa shape index (κ2) is 6.60. The average molecular weight is 267 g/mol. The van der Waals surface area contributed by atoms with E-state index in [1.807, 2.05) is 0 Å². The maximum Gasteiger partial charge on any atom is 0.193 e. The van der Waals surface area contributed by atoms with Crippen molar-refractivity contribution < 1.29 is 4.74 Å². The van der Waals surface area contributed by atoms with E-state index in [0.29, 0.717) is 11.3 Å². The van der Waals surface area contributed by atoms with E-state index in [-0.39, 0.29) is 0 Å². The van der Waals surface area contributed by atoms with Gasteiger partial charge in [0.05, 0.1) is 6.61 Å². The van der Waals surface area contributed by atoms with Crippen molar-refractivity contribution >= 4 is 5.96 Å². The Morgan fingerprint density at radius 2 is 2.32 bits per heavy atom. The Morgan fingerprint density at radius 1 is 1.47 bits per heavy atom. The fourth-order valence-electron chi connectivity index (χ4n) is 2.86. The number of ether oxygens (including phenoxy) is 1. The molecular weight excluding hydrogens is 238 g/mol. The summed E-state index contributed by atoms with van der Waals surface area (Å²) in [6.07, 6.45) is 3.69. The molecule has 110 valence electrons. The van der Waals surface area contributed by atoms with Crippen LogP contribution in [0.4, 0.5) is 0 Å². The van der Waals surface area contributed by atoms with Crippen LogP contribution in [0.15, 0.2) is 4.99 Å². The second-order valence-corrected chi connectivity index (χ2v) is 6.26. The zero-order chi connectivity index (χ0) is 13.7. The number of rotatable bonds is 4. The van der Waals surface area contributed by atoms with Crippen molar-refractivity contribution in [2.75, 3.05) is 39.4 Å². The summed E-state index contributed by atoms with van der Waals surface area (Å²) in [5.41, 5.74) is 0.465. The maximum absolute atomic E-state index is 5.42. The third-order valence-corrected chi connectivity index (χ3v) is 4.57. The molecule has 0 aromatic heterocycles. The van der Waals surface area contributed by atoms with Gasteiger partial charge in [0.2, 0.25) is 0 Å². The van der Waals surface area contributed by atoms with Gasteiger partial charge in [-0.05, 0) is 31.6 Å². The lowest BCUT2D eigenvalue weighted by Gasteiger charge is -2.25. The largest absolute Gasteiger partial charge is 0.381 e. The molecule has 0 bridgehead atoms. The minimum Gasteiger partial charge on any atom is -0.381 e. The van der Waals surface area contributed by atoms with Crippen LogP contribution in [0.25, 0.3) is 0 Å². The fraction of sp³-hybridized carbons (Fsp3) is 0.933. The van der Waals surface area contributed by atoms with Crippen LogP contribution >= 0.6 is 0 Å². The fourth-order valence-corrected chi connectivity index (χ4v) is 2.86. The molecule has 1 N–H and O–H groups in total. The van der Waals surface area contributed by atoms with Crippen molar-refractivity contribution in [2.24, 2.45) is 16.3 Å². The van der Waals surface area contributed by atoms with Crippen LogP contribution in [0, 0.1) is 11.3 Å². The smallest absolute Gasteiger partial charge is 0.193 e. The number of nitrogens with one attached hydrogen (secondary N) is 1. The summed E-state index contributed by atoms with van der Waals surface area (Å²) in [5.74, 6) is 1.72. The molecule has 0 aromatic carbocycles. The number of nitrogens with zero attached hydrogens (tertiary/aromatic N) is 2. The molecule has 2 rings (SSSR count). The lowest BCUT2D eigenvalue weighted by molar-refractivity contribution is 0.187. The summed E-state index contributed by atoms with van der Waals surface area (Å²) in [6.45, 7) is 12.7.